The van der Waals surface area contributed by atoms with E-state index in [2.05, 4.69) is 4.98 Å². The van der Waals surface area contributed by atoms with Crippen molar-refractivity contribution in [1.29, 1.82) is 0 Å². The van der Waals surface area contributed by atoms with Crippen molar-refractivity contribution in [1.82, 2.24) is 9.55 Å². The zero-order valence-electron chi connectivity index (χ0n) is 21.0. The van der Waals surface area contributed by atoms with Crippen LogP contribution in [0.2, 0.25) is 0 Å². The SMILES string of the molecule is COc1cc2c3ncccc3n(Cc3ccc(P(=O)(Oc4ccccc4)Oc4ccccc4)cc3)c2cc1F. The van der Waals surface area contributed by atoms with Gasteiger partial charge >= 0.3 is 7.60 Å². The van der Waals surface area contributed by atoms with Crippen molar-refractivity contribution < 1.29 is 22.7 Å². The molecule has 0 atom stereocenters. The first-order valence-electron chi connectivity index (χ1n) is 12.3. The Morgan fingerprint density at radius 1 is 0.795 bits per heavy atom. The summed E-state index contributed by atoms with van der Waals surface area (Å²) in [5.74, 6) is 0.609. The molecule has 4 aromatic carbocycles. The van der Waals surface area contributed by atoms with Crippen molar-refractivity contribution in [3.63, 3.8) is 0 Å². The summed E-state index contributed by atoms with van der Waals surface area (Å²) >= 11 is 0. The average molecular weight is 539 g/mol. The molecule has 0 saturated carbocycles. The van der Waals surface area contributed by atoms with E-state index in [1.54, 1.807) is 48.7 Å². The number of hydrogen-bond donors (Lipinski definition) is 0. The molecule has 0 N–H and O–H groups in total. The quantitative estimate of drug-likeness (QED) is 0.190. The summed E-state index contributed by atoms with van der Waals surface area (Å²) in [4.78, 5) is 4.53. The molecule has 0 unspecified atom stereocenters. The van der Waals surface area contributed by atoms with Gasteiger partial charge in [-0.25, -0.2) is 8.96 Å². The van der Waals surface area contributed by atoms with Gasteiger partial charge in [0.25, 0.3) is 0 Å². The number of rotatable bonds is 8. The number of nitrogens with zero attached hydrogens (tertiary/aromatic N) is 2. The zero-order valence-corrected chi connectivity index (χ0v) is 21.9. The topological polar surface area (TPSA) is 62.6 Å². The molecular weight excluding hydrogens is 514 g/mol. The highest BCUT2D eigenvalue weighted by Gasteiger charge is 2.31. The van der Waals surface area contributed by atoms with Crippen LogP contribution in [0.4, 0.5) is 4.39 Å². The molecular formula is C31H24FN2O4P. The molecule has 0 aliphatic heterocycles. The summed E-state index contributed by atoms with van der Waals surface area (Å²) in [5.41, 5.74) is 3.26. The van der Waals surface area contributed by atoms with E-state index in [4.69, 9.17) is 13.8 Å². The predicted molar refractivity (Wildman–Crippen MR) is 151 cm³/mol. The Labute approximate surface area is 224 Å². The lowest BCUT2D eigenvalue weighted by Crippen LogP contribution is -2.15. The summed E-state index contributed by atoms with van der Waals surface area (Å²) in [6.45, 7) is 0.446. The summed E-state index contributed by atoms with van der Waals surface area (Å²) in [6.07, 6.45) is 1.72. The Balaban J connectivity index is 1.37. The second-order valence-corrected chi connectivity index (χ2v) is 10.8. The van der Waals surface area contributed by atoms with E-state index in [-0.39, 0.29) is 5.75 Å². The summed E-state index contributed by atoms with van der Waals surface area (Å²) in [6, 6.07) is 32.1. The van der Waals surface area contributed by atoms with Crippen LogP contribution in [-0.4, -0.2) is 16.7 Å². The Morgan fingerprint density at radius 2 is 1.44 bits per heavy atom. The van der Waals surface area contributed by atoms with Crippen LogP contribution in [-0.2, 0) is 11.1 Å². The molecule has 6 nitrogen and oxygen atoms in total. The number of fused-ring (bicyclic) bond motifs is 3. The van der Waals surface area contributed by atoms with Gasteiger partial charge in [0.15, 0.2) is 11.6 Å². The molecule has 0 aliphatic rings. The van der Waals surface area contributed by atoms with Gasteiger partial charge < -0.3 is 18.4 Å². The number of benzene rings is 4. The molecule has 2 heterocycles. The van der Waals surface area contributed by atoms with Crippen molar-refractivity contribution >= 4 is 34.8 Å². The lowest BCUT2D eigenvalue weighted by atomic mass is 10.2. The first kappa shape index (κ1) is 24.7. The fraction of sp³-hybridized carbons (Fsp3) is 0.0645. The molecule has 0 spiro atoms. The predicted octanol–water partition coefficient (Wildman–Crippen LogP) is 7.36. The highest BCUT2D eigenvalue weighted by molar-refractivity contribution is 7.63. The van der Waals surface area contributed by atoms with Crippen LogP contribution >= 0.6 is 7.60 Å². The molecule has 6 rings (SSSR count). The van der Waals surface area contributed by atoms with Crippen LogP contribution in [0.15, 0.2) is 115 Å². The second-order valence-electron chi connectivity index (χ2n) is 8.93. The largest absolute Gasteiger partial charge is 0.494 e. The van der Waals surface area contributed by atoms with E-state index in [1.807, 2.05) is 65.2 Å². The molecule has 0 fully saturated rings. The van der Waals surface area contributed by atoms with Gasteiger partial charge in [0.1, 0.15) is 11.5 Å². The lowest BCUT2D eigenvalue weighted by Gasteiger charge is -2.20. The molecule has 0 bridgehead atoms. The van der Waals surface area contributed by atoms with Crippen molar-refractivity contribution in [2.45, 2.75) is 6.54 Å². The third-order valence-corrected chi connectivity index (χ3v) is 8.26. The standard InChI is InChI=1S/C31H24FN2O4P/c1-36-30-19-26-29(20-27(30)32)34(28-13-8-18-33-31(26)28)21-22-14-16-25(17-15-22)39(35,37-23-9-4-2-5-10-23)38-24-11-6-3-7-12-24/h2-20H,21H2,1H3. The van der Waals surface area contributed by atoms with Crippen LogP contribution < -0.4 is 19.1 Å². The van der Waals surface area contributed by atoms with Gasteiger partial charge in [-0.15, -0.1) is 0 Å². The van der Waals surface area contributed by atoms with Crippen LogP contribution in [0, 0.1) is 5.82 Å². The highest BCUT2D eigenvalue weighted by Crippen LogP contribution is 2.47. The second kappa shape index (κ2) is 10.3. The fourth-order valence-electron chi connectivity index (χ4n) is 4.57. The summed E-state index contributed by atoms with van der Waals surface area (Å²) in [5, 5.41) is 1.22. The van der Waals surface area contributed by atoms with Crippen LogP contribution in [0.1, 0.15) is 5.56 Å². The number of halogens is 1. The van der Waals surface area contributed by atoms with Gasteiger partial charge in [-0.05, 0) is 60.2 Å². The number of methoxy groups -OCH3 is 1. The maximum atomic E-state index is 14.7. The van der Waals surface area contributed by atoms with Gasteiger partial charge in [0.2, 0.25) is 0 Å². The average Bonchev–Trinajstić information content (AvgIpc) is 3.26. The van der Waals surface area contributed by atoms with Crippen molar-refractivity contribution in [2.24, 2.45) is 0 Å². The van der Waals surface area contributed by atoms with Gasteiger partial charge in [-0.2, -0.15) is 0 Å². The third-order valence-electron chi connectivity index (χ3n) is 6.42. The molecule has 8 heteroatoms. The van der Waals surface area contributed by atoms with E-state index >= 15 is 0 Å². The first-order valence-corrected chi connectivity index (χ1v) is 13.9. The molecule has 0 aliphatic carbocycles. The molecule has 194 valence electrons. The number of aromatic nitrogens is 2. The van der Waals surface area contributed by atoms with Gasteiger partial charge in [-0.3, -0.25) is 4.98 Å². The molecule has 6 aromatic rings. The van der Waals surface area contributed by atoms with Crippen molar-refractivity contribution in [2.75, 3.05) is 7.11 Å². The molecule has 2 aromatic heterocycles. The highest BCUT2D eigenvalue weighted by atomic mass is 31.2. The zero-order chi connectivity index (χ0) is 26.8. The lowest BCUT2D eigenvalue weighted by molar-refractivity contribution is 0.387. The minimum absolute atomic E-state index is 0.171. The first-order chi connectivity index (χ1) is 19.0. The number of pyridine rings is 1. The van der Waals surface area contributed by atoms with Gasteiger partial charge in [0, 0.05) is 24.2 Å². The van der Waals surface area contributed by atoms with Crippen LogP contribution in [0.25, 0.3) is 21.9 Å². The minimum Gasteiger partial charge on any atom is -0.494 e. The normalized spacial score (nSPS) is 11.5. The minimum atomic E-state index is -3.78. The molecule has 0 amide bonds. The van der Waals surface area contributed by atoms with E-state index in [9.17, 15) is 8.96 Å². The van der Waals surface area contributed by atoms with Crippen LogP contribution in [0.5, 0.6) is 17.2 Å². The Bertz CT molecular complexity index is 1760. The van der Waals surface area contributed by atoms with E-state index in [1.165, 1.54) is 13.2 Å². The molecule has 0 radical (unpaired) electrons. The van der Waals surface area contributed by atoms with Crippen molar-refractivity contribution in [3.05, 3.63) is 127 Å². The van der Waals surface area contributed by atoms with E-state index in [0.29, 0.717) is 28.9 Å². The van der Waals surface area contributed by atoms with E-state index in [0.717, 1.165) is 22.0 Å². The monoisotopic (exact) mass is 538 g/mol. The maximum absolute atomic E-state index is 14.7. The Morgan fingerprint density at radius 3 is 2.05 bits per heavy atom. The molecule has 39 heavy (non-hydrogen) atoms. The number of ether oxygens (including phenoxy) is 1. The fourth-order valence-corrected chi connectivity index (χ4v) is 6.13. The smallest absolute Gasteiger partial charge is 0.462 e. The summed E-state index contributed by atoms with van der Waals surface area (Å²) < 4.78 is 47.9. The van der Waals surface area contributed by atoms with E-state index < -0.39 is 13.4 Å². The maximum Gasteiger partial charge on any atom is 0.462 e. The van der Waals surface area contributed by atoms with Crippen LogP contribution in [0.3, 0.4) is 0 Å². The summed E-state index contributed by atoms with van der Waals surface area (Å²) in [7, 11) is -2.34. The number of hydrogen-bond acceptors (Lipinski definition) is 5. The Kier molecular flexibility index (Phi) is 6.51. The number of para-hydroxylation sites is 2. The molecule has 0 saturated heterocycles. The third kappa shape index (κ3) is 4.85. The van der Waals surface area contributed by atoms with Gasteiger partial charge in [0.05, 0.1) is 29.0 Å². The Hall–Kier alpha value is -4.61. The van der Waals surface area contributed by atoms with Gasteiger partial charge in [-0.1, -0.05) is 48.5 Å². The van der Waals surface area contributed by atoms with Crippen molar-refractivity contribution in [3.8, 4) is 17.2 Å².